The highest BCUT2D eigenvalue weighted by Crippen LogP contribution is 2.19. The number of nitrogens with one attached hydrogen (secondary N) is 1. The highest BCUT2D eigenvalue weighted by Gasteiger charge is 2.08. The van der Waals surface area contributed by atoms with Crippen LogP contribution in [-0.4, -0.2) is 19.1 Å². The highest BCUT2D eigenvalue weighted by molar-refractivity contribution is 5.85. The molecule has 0 aromatic heterocycles. The van der Waals surface area contributed by atoms with E-state index in [1.54, 1.807) is 0 Å². The predicted octanol–water partition coefficient (Wildman–Crippen LogP) is 3.20. The van der Waals surface area contributed by atoms with E-state index in [0.29, 0.717) is 6.42 Å². The first-order chi connectivity index (χ1) is 8.69. The Bertz CT molecular complexity index is 551. The molecule has 2 aromatic rings. The van der Waals surface area contributed by atoms with Crippen molar-refractivity contribution < 1.29 is 9.53 Å². The summed E-state index contributed by atoms with van der Waals surface area (Å²) < 4.78 is 4.65. The van der Waals surface area contributed by atoms with Gasteiger partial charge in [-0.3, -0.25) is 4.79 Å². The topological polar surface area (TPSA) is 38.3 Å². The summed E-state index contributed by atoms with van der Waals surface area (Å²) >= 11 is 0. The Morgan fingerprint density at radius 1 is 1.22 bits per heavy atom. The van der Waals surface area contributed by atoms with E-state index in [4.69, 9.17) is 0 Å². The Balaban J connectivity index is 2.09. The Hall–Kier alpha value is -2.03. The molecule has 0 fully saturated rings. The molecule has 0 aliphatic rings. The molecule has 0 saturated carbocycles. The largest absolute Gasteiger partial charge is 0.469 e. The summed E-state index contributed by atoms with van der Waals surface area (Å²) in [5, 5.41) is 5.70. The third-order valence-corrected chi connectivity index (χ3v) is 2.86. The Labute approximate surface area is 107 Å². The molecule has 18 heavy (non-hydrogen) atoms. The van der Waals surface area contributed by atoms with E-state index in [0.717, 1.165) is 5.69 Å². The number of hydrogen-bond donors (Lipinski definition) is 1. The number of benzene rings is 2. The van der Waals surface area contributed by atoms with E-state index in [2.05, 4.69) is 34.3 Å². The molecule has 0 aliphatic carbocycles. The molecule has 2 aromatic carbocycles. The van der Waals surface area contributed by atoms with Gasteiger partial charge in [0, 0.05) is 11.7 Å². The molecule has 0 radical (unpaired) electrons. The van der Waals surface area contributed by atoms with Gasteiger partial charge in [0.1, 0.15) is 0 Å². The number of hydrogen-bond acceptors (Lipinski definition) is 3. The van der Waals surface area contributed by atoms with Crippen molar-refractivity contribution in [2.24, 2.45) is 0 Å². The minimum Gasteiger partial charge on any atom is -0.469 e. The number of carbonyl (C=O) groups is 1. The summed E-state index contributed by atoms with van der Waals surface area (Å²) in [6.45, 7) is 1.96. The molecule has 3 heteroatoms. The molecule has 0 aliphatic heterocycles. The normalized spacial score (nSPS) is 12.1. The van der Waals surface area contributed by atoms with E-state index in [-0.39, 0.29) is 12.0 Å². The van der Waals surface area contributed by atoms with Gasteiger partial charge >= 0.3 is 5.97 Å². The van der Waals surface area contributed by atoms with Crippen LogP contribution in [0.5, 0.6) is 0 Å². The van der Waals surface area contributed by atoms with E-state index >= 15 is 0 Å². The summed E-state index contributed by atoms with van der Waals surface area (Å²) in [7, 11) is 1.41. The van der Waals surface area contributed by atoms with Gasteiger partial charge in [-0.1, -0.05) is 30.3 Å². The molecular formula is C15H17NO2. The maximum atomic E-state index is 11.2. The first-order valence-electron chi connectivity index (χ1n) is 6.01. The molecule has 0 saturated heterocycles. The van der Waals surface area contributed by atoms with Gasteiger partial charge in [0.2, 0.25) is 0 Å². The van der Waals surface area contributed by atoms with E-state index in [1.165, 1.54) is 17.9 Å². The third kappa shape index (κ3) is 3.00. The van der Waals surface area contributed by atoms with Crippen LogP contribution in [0.4, 0.5) is 5.69 Å². The molecular weight excluding hydrogens is 226 g/mol. The van der Waals surface area contributed by atoms with Gasteiger partial charge in [-0.05, 0) is 29.8 Å². The SMILES string of the molecule is COC(=O)C[C@@H](C)Nc1ccc2ccccc2c1. The monoisotopic (exact) mass is 243 g/mol. The van der Waals surface area contributed by atoms with Crippen molar-refractivity contribution in [3.8, 4) is 0 Å². The van der Waals surface area contributed by atoms with Gasteiger partial charge in [-0.15, -0.1) is 0 Å². The summed E-state index contributed by atoms with van der Waals surface area (Å²) in [4.78, 5) is 11.2. The van der Waals surface area contributed by atoms with Crippen LogP contribution in [0.2, 0.25) is 0 Å². The lowest BCUT2D eigenvalue weighted by Crippen LogP contribution is -2.20. The number of esters is 1. The standard InChI is InChI=1S/C15H17NO2/c1-11(9-15(17)18-2)16-14-8-7-12-5-3-4-6-13(12)10-14/h3-8,10-11,16H,9H2,1-2H3/t11-/m1/s1. The van der Waals surface area contributed by atoms with Crippen LogP contribution in [0, 0.1) is 0 Å². The Kier molecular flexibility index (Phi) is 3.82. The average molecular weight is 243 g/mol. The number of rotatable bonds is 4. The Morgan fingerprint density at radius 3 is 2.67 bits per heavy atom. The van der Waals surface area contributed by atoms with Crippen molar-refractivity contribution in [3.63, 3.8) is 0 Å². The number of ether oxygens (including phenoxy) is 1. The fraction of sp³-hybridized carbons (Fsp3) is 0.267. The van der Waals surface area contributed by atoms with Gasteiger partial charge in [0.05, 0.1) is 13.5 Å². The molecule has 0 bridgehead atoms. The molecule has 0 amide bonds. The first-order valence-corrected chi connectivity index (χ1v) is 6.01. The summed E-state index contributed by atoms with van der Waals surface area (Å²) in [6.07, 6.45) is 0.364. The molecule has 94 valence electrons. The van der Waals surface area contributed by atoms with Gasteiger partial charge < -0.3 is 10.1 Å². The number of anilines is 1. The van der Waals surface area contributed by atoms with E-state index < -0.39 is 0 Å². The van der Waals surface area contributed by atoms with Crippen LogP contribution in [0.3, 0.4) is 0 Å². The van der Waals surface area contributed by atoms with Crippen LogP contribution in [0.1, 0.15) is 13.3 Å². The van der Waals surface area contributed by atoms with Gasteiger partial charge in [-0.2, -0.15) is 0 Å². The van der Waals surface area contributed by atoms with Crippen molar-refractivity contribution in [3.05, 3.63) is 42.5 Å². The lowest BCUT2D eigenvalue weighted by molar-refractivity contribution is -0.140. The minimum atomic E-state index is -0.198. The average Bonchev–Trinajstić information content (AvgIpc) is 2.38. The number of methoxy groups -OCH3 is 1. The number of fused-ring (bicyclic) bond motifs is 1. The van der Waals surface area contributed by atoms with Crippen LogP contribution in [-0.2, 0) is 9.53 Å². The fourth-order valence-electron chi connectivity index (χ4n) is 1.95. The molecule has 1 N–H and O–H groups in total. The first kappa shape index (κ1) is 12.4. The van der Waals surface area contributed by atoms with E-state index in [1.807, 2.05) is 25.1 Å². The highest BCUT2D eigenvalue weighted by atomic mass is 16.5. The minimum absolute atomic E-state index is 0.0543. The summed E-state index contributed by atoms with van der Waals surface area (Å²) in [5.74, 6) is -0.198. The van der Waals surface area contributed by atoms with Gasteiger partial charge in [-0.25, -0.2) is 0 Å². The maximum Gasteiger partial charge on any atom is 0.307 e. The number of carbonyl (C=O) groups excluding carboxylic acids is 1. The van der Waals surface area contributed by atoms with Crippen LogP contribution < -0.4 is 5.32 Å². The fourth-order valence-corrected chi connectivity index (χ4v) is 1.95. The van der Waals surface area contributed by atoms with E-state index in [9.17, 15) is 4.79 Å². The predicted molar refractivity (Wildman–Crippen MR) is 73.7 cm³/mol. The van der Waals surface area contributed by atoms with Crippen molar-refractivity contribution in [2.75, 3.05) is 12.4 Å². The third-order valence-electron chi connectivity index (χ3n) is 2.86. The molecule has 0 spiro atoms. The second kappa shape index (κ2) is 5.54. The van der Waals surface area contributed by atoms with Gasteiger partial charge in [0.25, 0.3) is 0 Å². The molecule has 3 nitrogen and oxygen atoms in total. The zero-order valence-electron chi connectivity index (χ0n) is 10.6. The zero-order valence-corrected chi connectivity index (χ0v) is 10.6. The Morgan fingerprint density at radius 2 is 1.94 bits per heavy atom. The lowest BCUT2D eigenvalue weighted by atomic mass is 10.1. The maximum absolute atomic E-state index is 11.2. The summed E-state index contributed by atoms with van der Waals surface area (Å²) in [5.41, 5.74) is 1.02. The van der Waals surface area contributed by atoms with Crippen molar-refractivity contribution in [1.82, 2.24) is 0 Å². The van der Waals surface area contributed by atoms with Crippen molar-refractivity contribution in [2.45, 2.75) is 19.4 Å². The quantitative estimate of drug-likeness (QED) is 0.838. The molecule has 0 heterocycles. The van der Waals surface area contributed by atoms with Gasteiger partial charge in [0.15, 0.2) is 0 Å². The van der Waals surface area contributed by atoms with Crippen LogP contribution in [0.15, 0.2) is 42.5 Å². The molecule has 2 rings (SSSR count). The zero-order chi connectivity index (χ0) is 13.0. The van der Waals surface area contributed by atoms with Crippen LogP contribution >= 0.6 is 0 Å². The van der Waals surface area contributed by atoms with Crippen molar-refractivity contribution >= 4 is 22.4 Å². The molecule has 1 atom stereocenters. The smallest absolute Gasteiger partial charge is 0.307 e. The lowest BCUT2D eigenvalue weighted by Gasteiger charge is -2.14. The van der Waals surface area contributed by atoms with Crippen molar-refractivity contribution in [1.29, 1.82) is 0 Å². The second-order valence-corrected chi connectivity index (χ2v) is 4.39. The molecule has 0 unspecified atom stereocenters. The summed E-state index contributed by atoms with van der Waals surface area (Å²) in [6, 6.07) is 14.4. The second-order valence-electron chi connectivity index (χ2n) is 4.39. The van der Waals surface area contributed by atoms with Crippen LogP contribution in [0.25, 0.3) is 10.8 Å².